The van der Waals surface area contributed by atoms with Gasteiger partial charge in [0, 0.05) is 18.9 Å². The Hall–Kier alpha value is -2.72. The first-order chi connectivity index (χ1) is 11.7. The van der Waals surface area contributed by atoms with Crippen molar-refractivity contribution >= 4 is 17.4 Å². The van der Waals surface area contributed by atoms with Crippen molar-refractivity contribution < 1.29 is 9.53 Å². The Morgan fingerprint density at radius 2 is 1.58 bits per heavy atom. The van der Waals surface area contributed by atoms with Gasteiger partial charge in [0.2, 0.25) is 5.88 Å². The lowest BCUT2D eigenvalue weighted by Gasteiger charge is -2.06. The number of hydrogen-bond acceptors (Lipinski definition) is 4. The van der Waals surface area contributed by atoms with Crippen molar-refractivity contribution in [3.63, 3.8) is 0 Å². The largest absolute Gasteiger partial charge is 0.439 e. The molecule has 0 aliphatic rings. The van der Waals surface area contributed by atoms with Crippen molar-refractivity contribution in [2.45, 2.75) is 12.8 Å². The number of benzene rings is 2. The van der Waals surface area contributed by atoms with Crippen molar-refractivity contribution in [1.82, 2.24) is 9.97 Å². The Bertz CT molecular complexity index is 820. The van der Waals surface area contributed by atoms with Crippen LogP contribution in [0.1, 0.15) is 11.1 Å². The number of carbonyl (C=O) groups excluding carboxylic acids is 1. The molecule has 24 heavy (non-hydrogen) atoms. The van der Waals surface area contributed by atoms with Crippen LogP contribution in [0.3, 0.4) is 0 Å². The van der Waals surface area contributed by atoms with Crippen LogP contribution in [0.5, 0.6) is 11.6 Å². The summed E-state index contributed by atoms with van der Waals surface area (Å²) in [5, 5.41) is 0.322. The Morgan fingerprint density at radius 3 is 2.25 bits per heavy atom. The van der Waals surface area contributed by atoms with Crippen LogP contribution in [0.15, 0.2) is 67.0 Å². The molecule has 5 heteroatoms. The van der Waals surface area contributed by atoms with E-state index in [-0.39, 0.29) is 5.78 Å². The van der Waals surface area contributed by atoms with Crippen LogP contribution in [0.4, 0.5) is 0 Å². The summed E-state index contributed by atoms with van der Waals surface area (Å²) < 4.78 is 5.59. The highest BCUT2D eigenvalue weighted by molar-refractivity contribution is 6.29. The number of halogens is 1. The molecule has 4 nitrogen and oxygen atoms in total. The molecular formula is C19H15ClN2O2. The van der Waals surface area contributed by atoms with E-state index >= 15 is 0 Å². The number of aromatic nitrogens is 2. The molecule has 120 valence electrons. The van der Waals surface area contributed by atoms with E-state index in [1.807, 2.05) is 42.5 Å². The van der Waals surface area contributed by atoms with Crippen molar-refractivity contribution in [2.24, 2.45) is 0 Å². The standard InChI is InChI=1S/C19H15ClN2O2/c20-18-12-19(22-13-21-18)24-17-8-6-15(7-9-17)11-16(23)10-14-4-2-1-3-5-14/h1-9,12-13H,10-11H2. The van der Waals surface area contributed by atoms with Gasteiger partial charge in [0.05, 0.1) is 0 Å². The minimum Gasteiger partial charge on any atom is -0.439 e. The third-order valence-corrected chi connectivity index (χ3v) is 3.61. The third kappa shape index (κ3) is 4.64. The van der Waals surface area contributed by atoms with Crippen LogP contribution in [0.25, 0.3) is 0 Å². The van der Waals surface area contributed by atoms with Gasteiger partial charge in [-0.3, -0.25) is 4.79 Å². The molecule has 0 N–H and O–H groups in total. The molecule has 2 aromatic carbocycles. The van der Waals surface area contributed by atoms with Gasteiger partial charge in [0.15, 0.2) is 0 Å². The maximum atomic E-state index is 12.1. The quantitative estimate of drug-likeness (QED) is 0.629. The highest BCUT2D eigenvalue weighted by Gasteiger charge is 2.06. The topological polar surface area (TPSA) is 52.1 Å². The van der Waals surface area contributed by atoms with Gasteiger partial charge in [-0.15, -0.1) is 0 Å². The van der Waals surface area contributed by atoms with Crippen LogP contribution < -0.4 is 4.74 Å². The lowest BCUT2D eigenvalue weighted by molar-refractivity contribution is -0.117. The van der Waals surface area contributed by atoms with E-state index in [1.54, 1.807) is 18.2 Å². The van der Waals surface area contributed by atoms with E-state index in [9.17, 15) is 4.79 Å². The summed E-state index contributed by atoms with van der Waals surface area (Å²) in [5.41, 5.74) is 1.98. The van der Waals surface area contributed by atoms with Crippen LogP contribution >= 0.6 is 11.6 Å². The molecule has 3 rings (SSSR count). The minimum atomic E-state index is 0.178. The van der Waals surface area contributed by atoms with Gasteiger partial charge in [-0.05, 0) is 23.3 Å². The molecule has 0 aliphatic heterocycles. The Labute approximate surface area is 145 Å². The smallest absolute Gasteiger partial charge is 0.223 e. The summed E-state index contributed by atoms with van der Waals surface area (Å²) >= 11 is 5.79. The van der Waals surface area contributed by atoms with Crippen LogP contribution in [0.2, 0.25) is 5.15 Å². The van der Waals surface area contributed by atoms with Crippen molar-refractivity contribution in [3.05, 3.63) is 83.3 Å². The Balaban J connectivity index is 1.59. The first-order valence-electron chi connectivity index (χ1n) is 7.49. The summed E-state index contributed by atoms with van der Waals surface area (Å²) in [7, 11) is 0. The predicted molar refractivity (Wildman–Crippen MR) is 92.4 cm³/mol. The normalized spacial score (nSPS) is 10.4. The minimum absolute atomic E-state index is 0.178. The Morgan fingerprint density at radius 1 is 0.917 bits per heavy atom. The first kappa shape index (κ1) is 16.1. The van der Waals surface area contributed by atoms with Crippen molar-refractivity contribution in [3.8, 4) is 11.6 Å². The van der Waals surface area contributed by atoms with Crippen molar-refractivity contribution in [2.75, 3.05) is 0 Å². The summed E-state index contributed by atoms with van der Waals surface area (Å²) in [6.07, 6.45) is 2.18. The average molecular weight is 339 g/mol. The number of rotatable bonds is 6. The second kappa shape index (κ2) is 7.70. The average Bonchev–Trinajstić information content (AvgIpc) is 2.57. The van der Waals surface area contributed by atoms with Gasteiger partial charge in [0.25, 0.3) is 0 Å². The maximum absolute atomic E-state index is 12.1. The molecule has 0 amide bonds. The molecule has 0 atom stereocenters. The molecule has 0 saturated heterocycles. The fourth-order valence-corrected chi connectivity index (χ4v) is 2.42. The fourth-order valence-electron chi connectivity index (χ4n) is 2.28. The van der Waals surface area contributed by atoms with Crippen LogP contribution in [-0.2, 0) is 17.6 Å². The zero-order valence-electron chi connectivity index (χ0n) is 12.9. The molecule has 0 aliphatic carbocycles. The summed E-state index contributed by atoms with van der Waals surface area (Å²) in [4.78, 5) is 19.9. The molecule has 0 bridgehead atoms. The molecule has 0 fully saturated rings. The van der Waals surface area contributed by atoms with Gasteiger partial charge in [-0.2, -0.15) is 0 Å². The first-order valence-corrected chi connectivity index (χ1v) is 7.87. The highest BCUT2D eigenvalue weighted by atomic mass is 35.5. The summed E-state index contributed by atoms with van der Waals surface area (Å²) in [5.74, 6) is 1.18. The van der Waals surface area contributed by atoms with Gasteiger partial charge in [0.1, 0.15) is 23.0 Å². The van der Waals surface area contributed by atoms with Crippen LogP contribution in [0, 0.1) is 0 Å². The SMILES string of the molecule is O=C(Cc1ccccc1)Cc1ccc(Oc2cc(Cl)ncn2)cc1. The van der Waals surface area contributed by atoms with E-state index in [4.69, 9.17) is 16.3 Å². The molecule has 0 spiro atoms. The number of carbonyl (C=O) groups is 1. The fraction of sp³-hybridized carbons (Fsp3) is 0.105. The van der Waals surface area contributed by atoms with Crippen LogP contribution in [-0.4, -0.2) is 15.8 Å². The molecule has 0 unspecified atom stereocenters. The molecule has 0 radical (unpaired) electrons. The van der Waals surface area contributed by atoms with E-state index in [0.717, 1.165) is 11.1 Å². The number of ether oxygens (including phenoxy) is 1. The second-order valence-corrected chi connectivity index (χ2v) is 5.69. The molecule has 1 heterocycles. The second-order valence-electron chi connectivity index (χ2n) is 5.30. The van der Waals surface area contributed by atoms with E-state index in [2.05, 4.69) is 9.97 Å². The zero-order valence-corrected chi connectivity index (χ0v) is 13.6. The lowest BCUT2D eigenvalue weighted by atomic mass is 10.0. The predicted octanol–water partition coefficient (Wildman–Crippen LogP) is 4.28. The summed E-state index contributed by atoms with van der Waals surface area (Å²) in [6, 6.07) is 18.6. The zero-order chi connectivity index (χ0) is 16.8. The monoisotopic (exact) mass is 338 g/mol. The van der Waals surface area contributed by atoms with Gasteiger partial charge >= 0.3 is 0 Å². The van der Waals surface area contributed by atoms with E-state index in [0.29, 0.717) is 29.6 Å². The molecule has 1 aromatic heterocycles. The van der Waals surface area contributed by atoms with Gasteiger partial charge in [-0.1, -0.05) is 54.1 Å². The van der Waals surface area contributed by atoms with Gasteiger partial charge in [-0.25, -0.2) is 9.97 Å². The number of hydrogen-bond donors (Lipinski definition) is 0. The number of Topliss-reactive ketones (excluding diaryl/α,β-unsaturated/α-hetero) is 1. The van der Waals surface area contributed by atoms with E-state index < -0.39 is 0 Å². The summed E-state index contributed by atoms with van der Waals surface area (Å²) in [6.45, 7) is 0. The maximum Gasteiger partial charge on any atom is 0.223 e. The van der Waals surface area contributed by atoms with E-state index in [1.165, 1.54) is 6.33 Å². The third-order valence-electron chi connectivity index (χ3n) is 3.40. The van der Waals surface area contributed by atoms with Crippen molar-refractivity contribution in [1.29, 1.82) is 0 Å². The number of nitrogens with zero attached hydrogens (tertiary/aromatic N) is 2. The highest BCUT2D eigenvalue weighted by Crippen LogP contribution is 2.21. The molecular weight excluding hydrogens is 324 g/mol. The molecule has 0 saturated carbocycles. The Kier molecular flexibility index (Phi) is 5.18. The molecule has 3 aromatic rings. The lowest BCUT2D eigenvalue weighted by Crippen LogP contribution is -2.06. The number of ketones is 1. The van der Waals surface area contributed by atoms with Gasteiger partial charge < -0.3 is 4.74 Å².